The molecule has 17 heavy (non-hydrogen) atoms. The number of nitrogens with one attached hydrogen (secondary N) is 1. The van der Waals surface area contributed by atoms with Crippen LogP contribution in [0.5, 0.6) is 0 Å². The van der Waals surface area contributed by atoms with Crippen molar-refractivity contribution >= 4 is 11.8 Å². The lowest BCUT2D eigenvalue weighted by atomic mass is 9.94. The summed E-state index contributed by atoms with van der Waals surface area (Å²) in [6.45, 7) is 6.67. The summed E-state index contributed by atoms with van der Waals surface area (Å²) in [5.41, 5.74) is -0.656. The largest absolute Gasteiger partial charge is 0.342 e. The Hall–Kier alpha value is -1.06. The maximum atomic E-state index is 12.6. The van der Waals surface area contributed by atoms with E-state index in [-0.39, 0.29) is 17.9 Å². The maximum absolute atomic E-state index is 12.6. The molecular weight excluding hydrogens is 216 g/mol. The van der Waals surface area contributed by atoms with Gasteiger partial charge in [0.1, 0.15) is 5.54 Å². The van der Waals surface area contributed by atoms with Gasteiger partial charge in [-0.25, -0.2) is 0 Å². The molecule has 0 aromatic carbocycles. The van der Waals surface area contributed by atoms with Crippen LogP contribution < -0.4 is 5.32 Å². The average molecular weight is 238 g/mol. The van der Waals surface area contributed by atoms with Crippen LogP contribution in [0.4, 0.5) is 0 Å². The highest BCUT2D eigenvalue weighted by molar-refractivity contribution is 5.94. The fourth-order valence-corrected chi connectivity index (χ4v) is 2.77. The molecule has 4 heteroatoms. The summed E-state index contributed by atoms with van der Waals surface area (Å²) in [5.74, 6) is 0.461. The van der Waals surface area contributed by atoms with Gasteiger partial charge in [-0.05, 0) is 39.0 Å². The molecule has 0 aromatic rings. The van der Waals surface area contributed by atoms with Crippen LogP contribution >= 0.6 is 0 Å². The molecule has 0 radical (unpaired) electrons. The van der Waals surface area contributed by atoms with Crippen molar-refractivity contribution in [3.8, 4) is 0 Å². The summed E-state index contributed by atoms with van der Waals surface area (Å²) in [6.07, 6.45) is 3.47. The Labute approximate surface area is 103 Å². The van der Waals surface area contributed by atoms with Crippen LogP contribution in [-0.4, -0.2) is 34.8 Å². The van der Waals surface area contributed by atoms with Gasteiger partial charge in [-0.2, -0.15) is 0 Å². The van der Waals surface area contributed by atoms with Gasteiger partial charge in [0.15, 0.2) is 0 Å². The first-order chi connectivity index (χ1) is 7.99. The normalized spacial score (nSPS) is 34.5. The predicted octanol–water partition coefficient (Wildman–Crippen LogP) is 1.30. The summed E-state index contributed by atoms with van der Waals surface area (Å²) >= 11 is 0. The van der Waals surface area contributed by atoms with Crippen LogP contribution in [0.2, 0.25) is 0 Å². The topological polar surface area (TPSA) is 49.4 Å². The molecule has 1 heterocycles. The van der Waals surface area contributed by atoms with E-state index in [0.29, 0.717) is 12.3 Å². The van der Waals surface area contributed by atoms with Crippen molar-refractivity contribution in [1.29, 1.82) is 0 Å². The van der Waals surface area contributed by atoms with Crippen LogP contribution in [0, 0.1) is 5.92 Å². The Morgan fingerprint density at radius 3 is 2.59 bits per heavy atom. The number of hydrogen-bond donors (Lipinski definition) is 1. The summed E-state index contributed by atoms with van der Waals surface area (Å²) in [5, 5.41) is 2.96. The van der Waals surface area contributed by atoms with E-state index in [1.54, 1.807) is 0 Å². The Kier molecular flexibility index (Phi) is 3.15. The molecule has 2 atom stereocenters. The molecule has 96 valence electrons. The molecule has 2 unspecified atom stereocenters. The molecule has 1 N–H and O–H groups in total. The lowest BCUT2D eigenvalue weighted by molar-refractivity contribution is -0.140. The summed E-state index contributed by atoms with van der Waals surface area (Å²) < 4.78 is 0. The van der Waals surface area contributed by atoms with Crippen LogP contribution in [0.3, 0.4) is 0 Å². The van der Waals surface area contributed by atoms with Gasteiger partial charge in [0, 0.05) is 19.0 Å². The Bertz CT molecular complexity index is 338. The van der Waals surface area contributed by atoms with Gasteiger partial charge in [-0.15, -0.1) is 0 Å². The van der Waals surface area contributed by atoms with Crippen molar-refractivity contribution in [2.24, 2.45) is 5.92 Å². The molecule has 0 aromatic heterocycles. The van der Waals surface area contributed by atoms with Gasteiger partial charge in [0.2, 0.25) is 11.8 Å². The van der Waals surface area contributed by atoms with E-state index in [0.717, 1.165) is 25.8 Å². The second kappa shape index (κ2) is 4.31. The third-order valence-electron chi connectivity index (χ3n) is 3.98. The molecule has 2 fully saturated rings. The highest BCUT2D eigenvalue weighted by Gasteiger charge is 2.51. The molecule has 1 saturated heterocycles. The molecular formula is C13H22N2O2. The minimum atomic E-state index is -0.656. The van der Waals surface area contributed by atoms with Gasteiger partial charge in [0.25, 0.3) is 0 Å². The molecule has 1 aliphatic heterocycles. The SMILES string of the molecule is CCCN1C(=O)C(C)(C2CC2)NC(=O)CC1C. The summed E-state index contributed by atoms with van der Waals surface area (Å²) in [6, 6.07) is 0.0167. The quantitative estimate of drug-likeness (QED) is 0.805. The lowest BCUT2D eigenvalue weighted by Gasteiger charge is -2.34. The Morgan fingerprint density at radius 1 is 1.41 bits per heavy atom. The highest BCUT2D eigenvalue weighted by atomic mass is 16.2. The van der Waals surface area contributed by atoms with Crippen molar-refractivity contribution < 1.29 is 9.59 Å². The summed E-state index contributed by atoms with van der Waals surface area (Å²) in [7, 11) is 0. The van der Waals surface area contributed by atoms with Crippen LogP contribution in [-0.2, 0) is 9.59 Å². The molecule has 2 amide bonds. The average Bonchev–Trinajstić information content (AvgIpc) is 3.07. The van der Waals surface area contributed by atoms with Crippen LogP contribution in [0.1, 0.15) is 46.5 Å². The number of amides is 2. The second-order valence-electron chi connectivity index (χ2n) is 5.58. The van der Waals surface area contributed by atoms with Gasteiger partial charge in [-0.1, -0.05) is 6.92 Å². The first kappa shape index (κ1) is 12.4. The highest BCUT2D eigenvalue weighted by Crippen LogP contribution is 2.41. The number of carbonyl (C=O) groups excluding carboxylic acids is 2. The van der Waals surface area contributed by atoms with E-state index in [9.17, 15) is 9.59 Å². The Morgan fingerprint density at radius 2 is 2.06 bits per heavy atom. The van der Waals surface area contributed by atoms with Crippen LogP contribution in [0.15, 0.2) is 0 Å². The molecule has 2 rings (SSSR count). The summed E-state index contributed by atoms with van der Waals surface area (Å²) in [4.78, 5) is 26.3. The smallest absolute Gasteiger partial charge is 0.248 e. The minimum Gasteiger partial charge on any atom is -0.342 e. The first-order valence-electron chi connectivity index (χ1n) is 6.61. The van der Waals surface area contributed by atoms with Gasteiger partial charge in [-0.3, -0.25) is 9.59 Å². The number of hydrogen-bond acceptors (Lipinski definition) is 2. The third kappa shape index (κ3) is 2.17. The second-order valence-corrected chi connectivity index (χ2v) is 5.58. The monoisotopic (exact) mass is 238 g/mol. The van der Waals surface area contributed by atoms with E-state index < -0.39 is 5.54 Å². The van der Waals surface area contributed by atoms with E-state index in [1.807, 2.05) is 18.7 Å². The molecule has 0 bridgehead atoms. The van der Waals surface area contributed by atoms with E-state index in [1.165, 1.54) is 0 Å². The first-order valence-corrected chi connectivity index (χ1v) is 6.61. The minimum absolute atomic E-state index is 0.0128. The van der Waals surface area contributed by atoms with Gasteiger partial charge < -0.3 is 10.2 Å². The maximum Gasteiger partial charge on any atom is 0.248 e. The fourth-order valence-electron chi connectivity index (χ4n) is 2.77. The van der Waals surface area contributed by atoms with E-state index in [2.05, 4.69) is 12.2 Å². The Balaban J connectivity index is 2.27. The zero-order valence-corrected chi connectivity index (χ0v) is 11.0. The molecule has 2 aliphatic rings. The van der Waals surface area contributed by atoms with Crippen LogP contribution in [0.25, 0.3) is 0 Å². The van der Waals surface area contributed by atoms with E-state index in [4.69, 9.17) is 0 Å². The van der Waals surface area contributed by atoms with Crippen molar-refractivity contribution in [2.75, 3.05) is 6.54 Å². The molecule has 1 aliphatic carbocycles. The third-order valence-corrected chi connectivity index (χ3v) is 3.98. The lowest BCUT2D eigenvalue weighted by Crippen LogP contribution is -2.57. The standard InChI is InChI=1S/C13H22N2O2/c1-4-7-15-9(2)8-11(16)14-13(3,12(15)17)10-5-6-10/h9-10H,4-8H2,1-3H3,(H,14,16). The molecule has 1 saturated carbocycles. The van der Waals surface area contributed by atoms with E-state index >= 15 is 0 Å². The predicted molar refractivity (Wildman–Crippen MR) is 65.4 cm³/mol. The van der Waals surface area contributed by atoms with Gasteiger partial charge >= 0.3 is 0 Å². The van der Waals surface area contributed by atoms with Gasteiger partial charge in [0.05, 0.1) is 0 Å². The van der Waals surface area contributed by atoms with Crippen molar-refractivity contribution in [3.05, 3.63) is 0 Å². The van der Waals surface area contributed by atoms with Crippen molar-refractivity contribution in [1.82, 2.24) is 10.2 Å². The molecule has 4 nitrogen and oxygen atoms in total. The zero-order chi connectivity index (χ0) is 12.6. The number of carbonyl (C=O) groups is 2. The number of rotatable bonds is 3. The zero-order valence-electron chi connectivity index (χ0n) is 11.0. The fraction of sp³-hybridized carbons (Fsp3) is 0.846. The van der Waals surface area contributed by atoms with Crippen molar-refractivity contribution in [2.45, 2.75) is 58.0 Å². The molecule has 0 spiro atoms. The van der Waals surface area contributed by atoms with Crippen molar-refractivity contribution in [3.63, 3.8) is 0 Å². The number of nitrogens with zero attached hydrogens (tertiary/aromatic N) is 1.